The third kappa shape index (κ3) is 3.45. The molecule has 2 heterocycles. The molecule has 0 saturated carbocycles. The number of aromatic nitrogens is 1. The Hall–Kier alpha value is -3.32. The van der Waals surface area contributed by atoms with Crippen LogP contribution in [0.3, 0.4) is 0 Å². The van der Waals surface area contributed by atoms with Gasteiger partial charge in [0.25, 0.3) is 11.7 Å². The molecule has 1 unspecified atom stereocenters. The van der Waals surface area contributed by atoms with Crippen molar-refractivity contribution in [3.8, 4) is 0 Å². The van der Waals surface area contributed by atoms with E-state index in [1.165, 1.54) is 29.2 Å². The summed E-state index contributed by atoms with van der Waals surface area (Å²) >= 11 is 3.33. The highest BCUT2D eigenvalue weighted by atomic mass is 79.9. The van der Waals surface area contributed by atoms with Gasteiger partial charge in [-0.15, -0.1) is 0 Å². The SMILES string of the molecule is O=C1C(=O)N(c2ccc(F)cc2)C(c2ccccn2)/C1=C(/O)c1ccc(Br)cc1. The molecule has 0 spiro atoms. The van der Waals surface area contributed by atoms with Crippen molar-refractivity contribution in [2.75, 3.05) is 4.90 Å². The molecule has 1 N–H and O–H groups in total. The number of aliphatic hydroxyl groups excluding tert-OH is 1. The number of ketones is 1. The maximum Gasteiger partial charge on any atom is 0.300 e. The Labute approximate surface area is 174 Å². The highest BCUT2D eigenvalue weighted by Gasteiger charge is 2.47. The zero-order valence-electron chi connectivity index (χ0n) is 14.9. The fourth-order valence-electron chi connectivity index (χ4n) is 3.28. The second-order valence-corrected chi connectivity index (χ2v) is 7.32. The van der Waals surface area contributed by atoms with Gasteiger partial charge in [0.2, 0.25) is 0 Å². The van der Waals surface area contributed by atoms with E-state index in [0.717, 1.165) is 4.47 Å². The summed E-state index contributed by atoms with van der Waals surface area (Å²) in [6.45, 7) is 0. The van der Waals surface area contributed by atoms with Gasteiger partial charge in [-0.1, -0.05) is 34.1 Å². The van der Waals surface area contributed by atoms with E-state index in [9.17, 15) is 19.1 Å². The largest absolute Gasteiger partial charge is 0.507 e. The van der Waals surface area contributed by atoms with E-state index >= 15 is 0 Å². The number of nitrogens with zero attached hydrogens (tertiary/aromatic N) is 2. The molecule has 1 amide bonds. The Bertz CT molecular complexity index is 1110. The number of carbonyl (C=O) groups is 2. The third-order valence-corrected chi connectivity index (χ3v) is 5.16. The molecule has 3 aromatic rings. The van der Waals surface area contributed by atoms with Gasteiger partial charge in [0.15, 0.2) is 0 Å². The van der Waals surface area contributed by atoms with Crippen molar-refractivity contribution in [1.82, 2.24) is 4.98 Å². The molecule has 0 radical (unpaired) electrons. The summed E-state index contributed by atoms with van der Waals surface area (Å²) in [6.07, 6.45) is 1.54. The Kier molecular flexibility index (Phi) is 4.98. The fraction of sp³-hybridized carbons (Fsp3) is 0.0455. The molecule has 0 bridgehead atoms. The quantitative estimate of drug-likeness (QED) is 0.357. The summed E-state index contributed by atoms with van der Waals surface area (Å²) in [6, 6.07) is 16.1. The van der Waals surface area contributed by atoms with Crippen molar-refractivity contribution in [3.05, 3.63) is 100 Å². The van der Waals surface area contributed by atoms with E-state index in [2.05, 4.69) is 20.9 Å². The summed E-state index contributed by atoms with van der Waals surface area (Å²) < 4.78 is 14.2. The molecule has 4 rings (SSSR count). The van der Waals surface area contributed by atoms with Gasteiger partial charge in [-0.25, -0.2) is 4.39 Å². The molecule has 1 aromatic heterocycles. The van der Waals surface area contributed by atoms with Crippen LogP contribution in [0.5, 0.6) is 0 Å². The molecular formula is C22H14BrFN2O3. The first kappa shape index (κ1) is 19.0. The molecule has 5 nitrogen and oxygen atoms in total. The molecule has 1 saturated heterocycles. The number of amides is 1. The summed E-state index contributed by atoms with van der Waals surface area (Å²) in [5.74, 6) is -2.40. The van der Waals surface area contributed by atoms with Crippen LogP contribution in [-0.4, -0.2) is 21.8 Å². The van der Waals surface area contributed by atoms with E-state index in [-0.39, 0.29) is 11.3 Å². The zero-order valence-corrected chi connectivity index (χ0v) is 16.5. The van der Waals surface area contributed by atoms with Gasteiger partial charge >= 0.3 is 0 Å². The predicted octanol–water partition coefficient (Wildman–Crippen LogP) is 4.61. The Morgan fingerprint density at radius 2 is 1.69 bits per heavy atom. The maximum absolute atomic E-state index is 13.4. The van der Waals surface area contributed by atoms with Crippen LogP contribution < -0.4 is 4.90 Å². The van der Waals surface area contributed by atoms with Crippen LogP contribution in [0.1, 0.15) is 17.3 Å². The van der Waals surface area contributed by atoms with Crippen molar-refractivity contribution in [2.45, 2.75) is 6.04 Å². The van der Waals surface area contributed by atoms with Gasteiger partial charge < -0.3 is 5.11 Å². The monoisotopic (exact) mass is 452 g/mol. The number of anilines is 1. The topological polar surface area (TPSA) is 70.5 Å². The number of Topliss-reactive ketones (excluding diaryl/α,β-unsaturated/α-hetero) is 1. The van der Waals surface area contributed by atoms with Crippen LogP contribution in [0, 0.1) is 5.82 Å². The van der Waals surface area contributed by atoms with Crippen molar-refractivity contribution in [3.63, 3.8) is 0 Å². The molecule has 1 aliphatic rings. The first-order valence-electron chi connectivity index (χ1n) is 8.71. The normalized spacial score (nSPS) is 18.3. The van der Waals surface area contributed by atoms with E-state index < -0.39 is 23.5 Å². The zero-order chi connectivity index (χ0) is 20.5. The first-order valence-corrected chi connectivity index (χ1v) is 9.50. The van der Waals surface area contributed by atoms with Gasteiger partial charge in [-0.2, -0.15) is 0 Å². The predicted molar refractivity (Wildman–Crippen MR) is 110 cm³/mol. The number of pyridine rings is 1. The minimum atomic E-state index is -0.940. The lowest BCUT2D eigenvalue weighted by Gasteiger charge is -2.24. The Morgan fingerprint density at radius 3 is 2.31 bits per heavy atom. The van der Waals surface area contributed by atoms with Crippen LogP contribution in [0.25, 0.3) is 5.76 Å². The Morgan fingerprint density at radius 1 is 1.00 bits per heavy atom. The van der Waals surface area contributed by atoms with Crippen LogP contribution in [-0.2, 0) is 9.59 Å². The molecule has 7 heteroatoms. The number of aliphatic hydroxyl groups is 1. The summed E-state index contributed by atoms with van der Waals surface area (Å²) in [4.78, 5) is 31.3. The molecule has 0 aliphatic carbocycles. The van der Waals surface area contributed by atoms with Crippen molar-refractivity contribution >= 4 is 39.1 Å². The lowest BCUT2D eigenvalue weighted by molar-refractivity contribution is -0.132. The number of rotatable bonds is 3. The second kappa shape index (κ2) is 7.60. The Balaban J connectivity index is 1.93. The van der Waals surface area contributed by atoms with Crippen molar-refractivity contribution < 1.29 is 19.1 Å². The van der Waals surface area contributed by atoms with Crippen molar-refractivity contribution in [1.29, 1.82) is 0 Å². The third-order valence-electron chi connectivity index (χ3n) is 4.63. The number of benzene rings is 2. The number of hydrogen-bond donors (Lipinski definition) is 1. The highest BCUT2D eigenvalue weighted by Crippen LogP contribution is 2.41. The minimum absolute atomic E-state index is 0.0691. The van der Waals surface area contributed by atoms with Gasteiger partial charge in [0, 0.05) is 21.9 Å². The maximum atomic E-state index is 13.4. The van der Waals surface area contributed by atoms with Crippen molar-refractivity contribution in [2.24, 2.45) is 0 Å². The minimum Gasteiger partial charge on any atom is -0.507 e. The molecule has 29 heavy (non-hydrogen) atoms. The van der Waals surface area contributed by atoms with Crippen LogP contribution in [0.2, 0.25) is 0 Å². The van der Waals surface area contributed by atoms with Crippen LogP contribution in [0.4, 0.5) is 10.1 Å². The molecular weight excluding hydrogens is 439 g/mol. The van der Waals surface area contributed by atoms with Gasteiger partial charge in [0.05, 0.1) is 11.3 Å². The molecule has 1 fully saturated rings. The van der Waals surface area contributed by atoms with E-state index in [1.54, 1.807) is 48.7 Å². The highest BCUT2D eigenvalue weighted by molar-refractivity contribution is 9.10. The summed E-state index contributed by atoms with van der Waals surface area (Å²) in [5, 5.41) is 10.9. The molecule has 1 aliphatic heterocycles. The fourth-order valence-corrected chi connectivity index (χ4v) is 3.55. The number of halogens is 2. The lowest BCUT2D eigenvalue weighted by atomic mass is 9.98. The average molecular weight is 453 g/mol. The number of hydrogen-bond acceptors (Lipinski definition) is 4. The smallest absolute Gasteiger partial charge is 0.300 e. The molecule has 1 atom stereocenters. The van der Waals surface area contributed by atoms with Gasteiger partial charge in [-0.3, -0.25) is 19.5 Å². The average Bonchev–Trinajstić information content (AvgIpc) is 3.00. The lowest BCUT2D eigenvalue weighted by Crippen LogP contribution is -2.29. The number of carbonyl (C=O) groups excluding carboxylic acids is 2. The molecule has 2 aromatic carbocycles. The molecule has 144 valence electrons. The van der Waals surface area contributed by atoms with Gasteiger partial charge in [-0.05, 0) is 48.5 Å². The summed E-state index contributed by atoms with van der Waals surface area (Å²) in [7, 11) is 0. The van der Waals surface area contributed by atoms with E-state index in [4.69, 9.17) is 0 Å². The van der Waals surface area contributed by atoms with E-state index in [1.807, 2.05) is 0 Å². The second-order valence-electron chi connectivity index (χ2n) is 6.41. The standard InChI is InChI=1S/C22H14BrFN2O3/c23-14-6-4-13(5-7-14)20(27)18-19(17-3-1-2-12-25-17)26(22(29)21(18)28)16-10-8-15(24)9-11-16/h1-12,19,27H/b20-18-. The summed E-state index contributed by atoms with van der Waals surface area (Å²) in [5.41, 5.74) is 1.07. The first-order chi connectivity index (χ1) is 14.0. The van der Waals surface area contributed by atoms with Crippen LogP contribution in [0.15, 0.2) is 83.0 Å². The van der Waals surface area contributed by atoms with Crippen LogP contribution >= 0.6 is 15.9 Å². The van der Waals surface area contributed by atoms with Gasteiger partial charge in [0.1, 0.15) is 17.6 Å². The van der Waals surface area contributed by atoms with E-state index in [0.29, 0.717) is 16.9 Å².